The van der Waals surface area contributed by atoms with E-state index in [-0.39, 0.29) is 6.42 Å². The summed E-state index contributed by atoms with van der Waals surface area (Å²) in [7, 11) is 0. The number of para-hydroxylation sites is 1. The predicted octanol–water partition coefficient (Wildman–Crippen LogP) is -3.17. The van der Waals surface area contributed by atoms with Gasteiger partial charge in [-0.15, -0.1) is 0 Å². The third-order valence-corrected chi connectivity index (χ3v) is 5.39. The molecular formula is C22H30N6O8. The van der Waals surface area contributed by atoms with E-state index >= 15 is 0 Å². The third kappa shape index (κ3) is 7.49. The van der Waals surface area contributed by atoms with Crippen molar-refractivity contribution in [2.75, 3.05) is 6.61 Å². The molecule has 1 heterocycles. The Bertz CT molecular complexity index is 1120. The first-order valence-electron chi connectivity index (χ1n) is 11.0. The Balaban J connectivity index is 2.28. The number of fused-ring (bicyclic) bond motifs is 1. The monoisotopic (exact) mass is 506 g/mol. The lowest BCUT2D eigenvalue weighted by Gasteiger charge is -2.24. The molecule has 0 aliphatic carbocycles. The number of carboxylic acid groups (broad SMARTS) is 1. The molecule has 0 spiro atoms. The average molecular weight is 507 g/mol. The van der Waals surface area contributed by atoms with Crippen LogP contribution in [0.15, 0.2) is 30.5 Å². The number of amides is 4. The maximum Gasteiger partial charge on any atom is 0.326 e. The average Bonchev–Trinajstić information content (AvgIpc) is 3.23. The van der Waals surface area contributed by atoms with Crippen LogP contribution >= 0.6 is 0 Å². The Hall–Kier alpha value is -4.01. The quantitative estimate of drug-likeness (QED) is 0.133. The summed E-state index contributed by atoms with van der Waals surface area (Å²) in [5.41, 5.74) is 12.0. The van der Waals surface area contributed by atoms with Crippen molar-refractivity contribution in [3.8, 4) is 0 Å². The Morgan fingerprint density at radius 1 is 0.972 bits per heavy atom. The maximum absolute atomic E-state index is 13.0. The molecule has 0 bridgehead atoms. The summed E-state index contributed by atoms with van der Waals surface area (Å²) in [6.45, 7) is 0.412. The maximum atomic E-state index is 13.0. The zero-order valence-electron chi connectivity index (χ0n) is 19.4. The lowest BCUT2D eigenvalue weighted by Crippen LogP contribution is -2.59. The van der Waals surface area contributed by atoms with Crippen LogP contribution in [0.5, 0.6) is 0 Å². The second-order valence-electron chi connectivity index (χ2n) is 8.20. The third-order valence-electron chi connectivity index (χ3n) is 5.39. The van der Waals surface area contributed by atoms with Crippen LogP contribution < -0.4 is 27.4 Å². The van der Waals surface area contributed by atoms with Crippen LogP contribution in [-0.4, -0.2) is 86.8 Å². The van der Waals surface area contributed by atoms with Gasteiger partial charge in [-0.2, -0.15) is 0 Å². The number of hydrogen-bond acceptors (Lipinski definition) is 8. The number of aliphatic hydroxyl groups is 2. The van der Waals surface area contributed by atoms with Gasteiger partial charge in [-0.25, -0.2) is 4.79 Å². The fourth-order valence-corrected chi connectivity index (χ4v) is 3.36. The van der Waals surface area contributed by atoms with E-state index in [1.165, 1.54) is 6.92 Å². The van der Waals surface area contributed by atoms with Gasteiger partial charge in [0.2, 0.25) is 23.6 Å². The molecule has 5 atom stereocenters. The van der Waals surface area contributed by atoms with Crippen molar-refractivity contribution in [1.82, 2.24) is 20.9 Å². The minimum atomic E-state index is -1.64. The molecule has 0 aliphatic rings. The van der Waals surface area contributed by atoms with Gasteiger partial charge in [0.25, 0.3) is 0 Å². The van der Waals surface area contributed by atoms with Gasteiger partial charge in [-0.3, -0.25) is 19.2 Å². The lowest BCUT2D eigenvalue weighted by molar-refractivity contribution is -0.143. The molecule has 0 saturated carbocycles. The summed E-state index contributed by atoms with van der Waals surface area (Å²) in [6, 6.07) is 1.22. The zero-order chi connectivity index (χ0) is 27.0. The molecule has 0 saturated heterocycles. The number of carbonyl (C=O) groups excluding carboxylic acids is 4. The van der Waals surface area contributed by atoms with Gasteiger partial charge < -0.3 is 47.7 Å². The van der Waals surface area contributed by atoms with Crippen molar-refractivity contribution in [1.29, 1.82) is 0 Å². The molecule has 1 aromatic heterocycles. The smallest absolute Gasteiger partial charge is 0.326 e. The van der Waals surface area contributed by atoms with Crippen molar-refractivity contribution in [3.63, 3.8) is 0 Å². The Labute approximate surface area is 205 Å². The van der Waals surface area contributed by atoms with E-state index in [9.17, 15) is 39.3 Å². The van der Waals surface area contributed by atoms with E-state index in [0.717, 1.165) is 10.9 Å². The molecule has 36 heavy (non-hydrogen) atoms. The first kappa shape index (κ1) is 28.2. The second kappa shape index (κ2) is 12.6. The standard InChI is InChI=1S/C22H30N6O8/c1-10(30)18(24)21(34)28-16(9-29)20(33)26-14(19(32)27-15(22(35)36)7-17(23)31)6-11-8-25-13-5-3-2-4-12(11)13/h2-5,8,10,14-16,18,25,29-30H,6-7,9,24H2,1H3,(H2,23,31)(H,26,33)(H,27,32)(H,28,34)(H,35,36). The number of nitrogens with one attached hydrogen (secondary N) is 4. The van der Waals surface area contributed by atoms with Crippen molar-refractivity contribution in [2.45, 2.75) is 50.0 Å². The summed E-state index contributed by atoms with van der Waals surface area (Å²) < 4.78 is 0. The Morgan fingerprint density at radius 3 is 2.14 bits per heavy atom. The van der Waals surface area contributed by atoms with Crippen molar-refractivity contribution in [3.05, 3.63) is 36.0 Å². The highest BCUT2D eigenvalue weighted by atomic mass is 16.4. The van der Waals surface area contributed by atoms with Gasteiger partial charge in [-0.1, -0.05) is 18.2 Å². The number of hydrogen-bond donors (Lipinski definition) is 9. The van der Waals surface area contributed by atoms with Crippen molar-refractivity contribution in [2.24, 2.45) is 11.5 Å². The molecule has 4 amide bonds. The molecule has 11 N–H and O–H groups in total. The number of aliphatic carboxylic acids is 1. The highest BCUT2D eigenvalue weighted by molar-refractivity contribution is 5.95. The van der Waals surface area contributed by atoms with E-state index in [4.69, 9.17) is 11.5 Å². The molecule has 1 aromatic carbocycles. The largest absolute Gasteiger partial charge is 0.480 e. The van der Waals surface area contributed by atoms with Gasteiger partial charge in [0.15, 0.2) is 0 Å². The summed E-state index contributed by atoms with van der Waals surface area (Å²) in [5, 5.41) is 35.9. The molecule has 14 nitrogen and oxygen atoms in total. The summed E-state index contributed by atoms with van der Waals surface area (Å²) >= 11 is 0. The minimum absolute atomic E-state index is 0.107. The number of carbonyl (C=O) groups is 5. The normalized spacial score (nSPS) is 15.2. The molecule has 0 fully saturated rings. The van der Waals surface area contributed by atoms with Gasteiger partial charge in [0.05, 0.1) is 19.1 Å². The number of aliphatic hydroxyl groups excluding tert-OH is 2. The molecular weight excluding hydrogens is 476 g/mol. The van der Waals surface area contributed by atoms with Crippen LogP contribution in [0.4, 0.5) is 0 Å². The first-order chi connectivity index (χ1) is 16.9. The van der Waals surface area contributed by atoms with E-state index in [0.29, 0.717) is 5.56 Å². The highest BCUT2D eigenvalue weighted by Crippen LogP contribution is 2.19. The van der Waals surface area contributed by atoms with Gasteiger partial charge in [-0.05, 0) is 18.6 Å². The highest BCUT2D eigenvalue weighted by Gasteiger charge is 2.31. The number of aromatic amines is 1. The van der Waals surface area contributed by atoms with Crippen molar-refractivity contribution >= 4 is 40.5 Å². The number of rotatable bonds is 13. The Kier molecular flexibility index (Phi) is 9.90. The number of primary amides is 1. The van der Waals surface area contributed by atoms with Crippen molar-refractivity contribution < 1.29 is 39.3 Å². The van der Waals surface area contributed by atoms with Gasteiger partial charge in [0.1, 0.15) is 24.2 Å². The van der Waals surface area contributed by atoms with E-state index in [1.54, 1.807) is 30.5 Å². The van der Waals surface area contributed by atoms with Gasteiger partial charge >= 0.3 is 5.97 Å². The fourth-order valence-electron chi connectivity index (χ4n) is 3.36. The van der Waals surface area contributed by atoms with Crippen LogP contribution in [0.1, 0.15) is 18.9 Å². The van der Waals surface area contributed by atoms with Crippen LogP contribution in [-0.2, 0) is 30.4 Å². The van der Waals surface area contributed by atoms with E-state index in [2.05, 4.69) is 20.9 Å². The summed E-state index contributed by atoms with van der Waals surface area (Å²) in [6.07, 6.45) is -0.404. The molecule has 0 radical (unpaired) electrons. The number of H-pyrrole nitrogens is 1. The number of benzene rings is 1. The number of aromatic nitrogens is 1. The van der Waals surface area contributed by atoms with Gasteiger partial charge in [0, 0.05) is 23.5 Å². The number of nitrogens with two attached hydrogens (primary N) is 2. The zero-order valence-corrected chi connectivity index (χ0v) is 19.4. The SMILES string of the molecule is CC(O)C(N)C(=O)NC(CO)C(=O)NC(Cc1c[nH]c2ccccc12)C(=O)NC(CC(N)=O)C(=O)O. The summed E-state index contributed by atoms with van der Waals surface area (Å²) in [4.78, 5) is 63.7. The van der Waals surface area contributed by atoms with Crippen LogP contribution in [0.25, 0.3) is 10.9 Å². The molecule has 14 heteroatoms. The predicted molar refractivity (Wildman–Crippen MR) is 126 cm³/mol. The molecule has 5 unspecified atom stereocenters. The lowest BCUT2D eigenvalue weighted by atomic mass is 10.0. The van der Waals surface area contributed by atoms with E-state index < -0.39 is 72.9 Å². The van der Waals surface area contributed by atoms with Crippen LogP contribution in [0, 0.1) is 0 Å². The molecule has 2 rings (SSSR count). The van der Waals surface area contributed by atoms with E-state index in [1.807, 2.05) is 0 Å². The molecule has 2 aromatic rings. The van der Waals surface area contributed by atoms with Crippen LogP contribution in [0.2, 0.25) is 0 Å². The minimum Gasteiger partial charge on any atom is -0.480 e. The second-order valence-corrected chi connectivity index (χ2v) is 8.20. The first-order valence-corrected chi connectivity index (χ1v) is 11.0. The van der Waals surface area contributed by atoms with Crippen LogP contribution in [0.3, 0.4) is 0 Å². The molecule has 0 aliphatic heterocycles. The fraction of sp³-hybridized carbons (Fsp3) is 0.409. The summed E-state index contributed by atoms with van der Waals surface area (Å²) in [5.74, 6) is -5.29. The number of carboxylic acids is 1. The topological polar surface area (TPSA) is 250 Å². The Morgan fingerprint density at radius 2 is 1.56 bits per heavy atom. The molecule has 196 valence electrons.